The average molecular weight is 513 g/mol. The fourth-order valence-electron chi connectivity index (χ4n) is 4.39. The average Bonchev–Trinajstić information content (AvgIpc) is 3.51. The van der Waals surface area contributed by atoms with Gasteiger partial charge in [0.1, 0.15) is 30.7 Å². The minimum atomic E-state index is -0.690. The Hall–Kier alpha value is -4.30. The van der Waals surface area contributed by atoms with Crippen molar-refractivity contribution >= 4 is 28.8 Å². The molecule has 8 heteroatoms. The molecule has 1 N–H and O–H groups in total. The molecule has 194 valence electrons. The quantitative estimate of drug-likeness (QED) is 0.265. The smallest absolute Gasteiger partial charge is 0.338 e. The zero-order chi connectivity index (χ0) is 26.8. The first-order valence-electron chi connectivity index (χ1n) is 12.4. The summed E-state index contributed by atoms with van der Waals surface area (Å²) < 4.78 is 17.6. The zero-order valence-electron chi connectivity index (χ0n) is 21.4. The Bertz CT molecular complexity index is 1490. The summed E-state index contributed by atoms with van der Waals surface area (Å²) in [5.41, 5.74) is 4.89. The van der Waals surface area contributed by atoms with Crippen molar-refractivity contribution in [2.45, 2.75) is 45.5 Å². The van der Waals surface area contributed by atoms with Crippen LogP contribution in [0.4, 0.5) is 0 Å². The second-order valence-electron chi connectivity index (χ2n) is 9.58. The molecule has 1 aliphatic rings. The summed E-state index contributed by atoms with van der Waals surface area (Å²) in [7, 11) is 0. The van der Waals surface area contributed by atoms with Gasteiger partial charge in [0.15, 0.2) is 5.78 Å². The molecule has 0 unspecified atom stereocenters. The molecular weight excluding hydrogens is 484 g/mol. The molecule has 8 nitrogen and oxygen atoms in total. The number of rotatable bonds is 7. The van der Waals surface area contributed by atoms with E-state index in [0.29, 0.717) is 40.0 Å². The van der Waals surface area contributed by atoms with Crippen LogP contribution in [0.2, 0.25) is 0 Å². The van der Waals surface area contributed by atoms with Gasteiger partial charge >= 0.3 is 11.9 Å². The molecule has 5 rings (SSSR count). The van der Waals surface area contributed by atoms with Crippen LogP contribution >= 0.6 is 0 Å². The number of ether oxygens (including phenoxy) is 3. The van der Waals surface area contributed by atoms with E-state index in [0.717, 1.165) is 11.1 Å². The number of aromatic nitrogens is 2. The van der Waals surface area contributed by atoms with Gasteiger partial charge in [0.25, 0.3) is 0 Å². The van der Waals surface area contributed by atoms with Crippen molar-refractivity contribution < 1.29 is 28.6 Å². The third-order valence-corrected chi connectivity index (χ3v) is 6.62. The lowest BCUT2D eigenvalue weighted by molar-refractivity contribution is -0.0438. The predicted octanol–water partition coefficient (Wildman–Crippen LogP) is 5.29. The number of imidazole rings is 1. The van der Waals surface area contributed by atoms with Crippen LogP contribution in [0.15, 0.2) is 66.7 Å². The molecule has 0 aliphatic carbocycles. The number of benzene rings is 3. The molecule has 0 saturated carbocycles. The minimum Gasteiger partial charge on any atom is -0.459 e. The fraction of sp³-hybridized carbons (Fsp3) is 0.267. The highest BCUT2D eigenvalue weighted by Crippen LogP contribution is 2.35. The number of hydrogen-bond acceptors (Lipinski definition) is 7. The molecule has 3 atom stereocenters. The summed E-state index contributed by atoms with van der Waals surface area (Å²) in [6, 6.07) is 19.4. The van der Waals surface area contributed by atoms with E-state index < -0.39 is 30.3 Å². The van der Waals surface area contributed by atoms with Crippen molar-refractivity contribution in [2.75, 3.05) is 6.61 Å². The van der Waals surface area contributed by atoms with E-state index in [2.05, 4.69) is 9.97 Å². The third-order valence-electron chi connectivity index (χ3n) is 6.62. The van der Waals surface area contributed by atoms with Gasteiger partial charge in [-0.1, -0.05) is 35.4 Å². The van der Waals surface area contributed by atoms with Crippen LogP contribution in [0.5, 0.6) is 0 Å². The third kappa shape index (κ3) is 5.50. The van der Waals surface area contributed by atoms with E-state index in [1.165, 1.54) is 6.92 Å². The van der Waals surface area contributed by atoms with Crippen molar-refractivity contribution in [3.63, 3.8) is 0 Å². The zero-order valence-corrected chi connectivity index (χ0v) is 21.4. The predicted molar refractivity (Wildman–Crippen MR) is 140 cm³/mol. The first kappa shape index (κ1) is 25.4. The molecule has 1 aliphatic heterocycles. The van der Waals surface area contributed by atoms with E-state index in [9.17, 15) is 14.4 Å². The minimum absolute atomic E-state index is 0.0429. The maximum Gasteiger partial charge on any atom is 0.338 e. The number of Topliss-reactive ketones (excluding diaryl/α,β-unsaturated/α-hetero) is 1. The van der Waals surface area contributed by atoms with Crippen LogP contribution in [-0.4, -0.2) is 46.5 Å². The Kier molecular flexibility index (Phi) is 7.07. The number of aryl methyl sites for hydroxylation is 2. The van der Waals surface area contributed by atoms with Crippen molar-refractivity contribution in [3.8, 4) is 0 Å². The Labute approximate surface area is 219 Å². The number of nitrogens with zero attached hydrogens (tertiary/aromatic N) is 1. The largest absolute Gasteiger partial charge is 0.459 e. The van der Waals surface area contributed by atoms with E-state index in [1.54, 1.807) is 42.5 Å². The summed E-state index contributed by atoms with van der Waals surface area (Å²) in [5, 5.41) is 0. The Morgan fingerprint density at radius 2 is 1.50 bits per heavy atom. The molecule has 4 aromatic rings. The van der Waals surface area contributed by atoms with Gasteiger partial charge in [-0.3, -0.25) is 4.79 Å². The molecule has 38 heavy (non-hydrogen) atoms. The summed E-state index contributed by atoms with van der Waals surface area (Å²) in [4.78, 5) is 45.1. The molecule has 0 amide bonds. The van der Waals surface area contributed by atoms with E-state index in [-0.39, 0.29) is 12.4 Å². The highest BCUT2D eigenvalue weighted by Gasteiger charge is 2.41. The lowest BCUT2D eigenvalue weighted by Crippen LogP contribution is -2.32. The van der Waals surface area contributed by atoms with E-state index >= 15 is 0 Å². The maximum absolute atomic E-state index is 12.9. The molecule has 0 spiro atoms. The van der Waals surface area contributed by atoms with Crippen LogP contribution in [-0.2, 0) is 14.2 Å². The normalized spacial score (nSPS) is 18.9. The molecule has 0 bridgehead atoms. The second-order valence-corrected chi connectivity index (χ2v) is 9.58. The SMILES string of the molecule is CC(=O)c1ccc2nc([C@@H]3C[C@H](OC(=O)c4ccc(C)cc4)[C@@H](COC(=O)c4ccc(C)cc4)O3)[nH]c2c1. The number of aromatic amines is 1. The van der Waals surface area contributed by atoms with E-state index in [1.807, 2.05) is 38.1 Å². The first-order chi connectivity index (χ1) is 18.3. The van der Waals surface area contributed by atoms with Gasteiger partial charge in [-0.25, -0.2) is 14.6 Å². The van der Waals surface area contributed by atoms with Crippen LogP contribution in [0.1, 0.15) is 67.5 Å². The molecular formula is C30H28N2O6. The number of H-pyrrole nitrogens is 1. The number of fused-ring (bicyclic) bond motifs is 1. The summed E-state index contributed by atoms with van der Waals surface area (Å²) in [5.74, 6) is -0.464. The Balaban J connectivity index is 1.35. The lowest BCUT2D eigenvalue weighted by Gasteiger charge is -2.19. The number of hydrogen-bond donors (Lipinski definition) is 1. The van der Waals surface area contributed by atoms with Crippen LogP contribution in [0.3, 0.4) is 0 Å². The van der Waals surface area contributed by atoms with Gasteiger partial charge < -0.3 is 19.2 Å². The topological polar surface area (TPSA) is 108 Å². The van der Waals surface area contributed by atoms with Gasteiger partial charge in [0.2, 0.25) is 0 Å². The van der Waals surface area contributed by atoms with Crippen LogP contribution in [0, 0.1) is 13.8 Å². The number of carbonyl (C=O) groups excluding carboxylic acids is 3. The summed E-state index contributed by atoms with van der Waals surface area (Å²) in [6.07, 6.45) is -1.56. The van der Waals surface area contributed by atoms with E-state index in [4.69, 9.17) is 14.2 Å². The highest BCUT2D eigenvalue weighted by molar-refractivity contribution is 5.97. The van der Waals surface area contributed by atoms with Crippen molar-refractivity contribution in [3.05, 3.63) is 100 Å². The molecule has 1 saturated heterocycles. The highest BCUT2D eigenvalue weighted by atomic mass is 16.6. The fourth-order valence-corrected chi connectivity index (χ4v) is 4.39. The number of ketones is 1. The monoisotopic (exact) mass is 512 g/mol. The molecule has 1 aromatic heterocycles. The van der Waals surface area contributed by atoms with Crippen LogP contribution < -0.4 is 0 Å². The molecule has 2 heterocycles. The number of nitrogens with one attached hydrogen (secondary N) is 1. The Morgan fingerprint density at radius 3 is 2.13 bits per heavy atom. The lowest BCUT2D eigenvalue weighted by atomic mass is 10.1. The molecule has 1 fully saturated rings. The molecule has 3 aromatic carbocycles. The van der Waals surface area contributed by atoms with Crippen molar-refractivity contribution in [1.82, 2.24) is 9.97 Å². The number of esters is 2. The first-order valence-corrected chi connectivity index (χ1v) is 12.4. The second kappa shape index (κ2) is 10.6. The van der Waals surface area contributed by atoms with Crippen molar-refractivity contribution in [2.24, 2.45) is 0 Å². The van der Waals surface area contributed by atoms with Crippen molar-refractivity contribution in [1.29, 1.82) is 0 Å². The van der Waals surface area contributed by atoms with Crippen LogP contribution in [0.25, 0.3) is 11.0 Å². The van der Waals surface area contributed by atoms with Gasteiger partial charge in [0.05, 0.1) is 22.2 Å². The maximum atomic E-state index is 12.9. The van der Waals surface area contributed by atoms with Gasteiger partial charge in [-0.05, 0) is 63.2 Å². The number of carbonyl (C=O) groups is 3. The van der Waals surface area contributed by atoms with Gasteiger partial charge in [-0.15, -0.1) is 0 Å². The summed E-state index contributed by atoms with van der Waals surface area (Å²) in [6.45, 7) is 5.29. The Morgan fingerprint density at radius 1 is 0.895 bits per heavy atom. The molecule has 0 radical (unpaired) electrons. The summed E-state index contributed by atoms with van der Waals surface area (Å²) >= 11 is 0. The van der Waals surface area contributed by atoms with Gasteiger partial charge in [0, 0.05) is 12.0 Å². The van der Waals surface area contributed by atoms with Gasteiger partial charge in [-0.2, -0.15) is 0 Å². The standard InChI is InChI=1S/C30H28N2O6/c1-17-4-8-20(9-5-17)29(34)36-16-27-25(38-30(35)21-10-6-18(2)7-11-21)15-26(37-27)28-31-23-13-12-22(19(3)33)14-24(23)32-28/h4-14,25-27H,15-16H2,1-3H3,(H,31,32)/t25-,26-,27+/m0/s1.